The second-order valence-corrected chi connectivity index (χ2v) is 7.26. The number of halogens is 1. The van der Waals surface area contributed by atoms with Gasteiger partial charge in [0.2, 0.25) is 5.91 Å². The van der Waals surface area contributed by atoms with Gasteiger partial charge in [-0.25, -0.2) is 4.39 Å². The van der Waals surface area contributed by atoms with Crippen molar-refractivity contribution >= 4 is 11.6 Å². The maximum absolute atomic E-state index is 13.0. The van der Waals surface area contributed by atoms with Gasteiger partial charge in [0.1, 0.15) is 17.3 Å². The molecule has 0 aliphatic heterocycles. The number of hydrogen-bond acceptors (Lipinski definition) is 3. The van der Waals surface area contributed by atoms with E-state index in [1.165, 1.54) is 12.1 Å². The smallest absolute Gasteiger partial charge is 0.227 e. The van der Waals surface area contributed by atoms with Crippen molar-refractivity contribution in [2.75, 3.05) is 5.32 Å². The third kappa shape index (κ3) is 4.49. The summed E-state index contributed by atoms with van der Waals surface area (Å²) in [5.41, 5.74) is 2.82. The van der Waals surface area contributed by atoms with Gasteiger partial charge in [0.15, 0.2) is 0 Å². The SMILES string of the molecule is C[C@H](NCc1ccc(-c2ccc(F)cc2)o1)c1ccc(NC(=O)C2CC2)cc1. The van der Waals surface area contributed by atoms with E-state index >= 15 is 0 Å². The molecule has 1 saturated carbocycles. The van der Waals surface area contributed by atoms with Crippen LogP contribution in [0.1, 0.15) is 37.1 Å². The molecular weight excluding hydrogens is 355 g/mol. The van der Waals surface area contributed by atoms with Crippen LogP contribution < -0.4 is 10.6 Å². The minimum Gasteiger partial charge on any atom is -0.460 e. The highest BCUT2D eigenvalue weighted by Gasteiger charge is 2.29. The van der Waals surface area contributed by atoms with Crippen LogP contribution in [0.5, 0.6) is 0 Å². The summed E-state index contributed by atoms with van der Waals surface area (Å²) in [7, 11) is 0. The molecule has 1 aliphatic rings. The molecule has 2 aromatic carbocycles. The Morgan fingerprint density at radius 2 is 1.79 bits per heavy atom. The third-order valence-corrected chi connectivity index (χ3v) is 5.00. The first kappa shape index (κ1) is 18.4. The number of benzene rings is 2. The van der Waals surface area contributed by atoms with E-state index in [0.717, 1.165) is 41.2 Å². The Morgan fingerprint density at radius 1 is 1.07 bits per heavy atom. The van der Waals surface area contributed by atoms with Crippen LogP contribution in [0, 0.1) is 11.7 Å². The van der Waals surface area contributed by atoms with Crippen LogP contribution >= 0.6 is 0 Å². The molecule has 2 N–H and O–H groups in total. The Balaban J connectivity index is 1.32. The van der Waals surface area contributed by atoms with Crippen molar-refractivity contribution in [3.05, 3.63) is 77.8 Å². The van der Waals surface area contributed by atoms with Gasteiger partial charge in [-0.3, -0.25) is 4.79 Å². The molecule has 1 fully saturated rings. The van der Waals surface area contributed by atoms with E-state index in [9.17, 15) is 9.18 Å². The number of rotatable bonds is 7. The number of carbonyl (C=O) groups excluding carboxylic acids is 1. The average molecular weight is 378 g/mol. The van der Waals surface area contributed by atoms with Crippen molar-refractivity contribution in [1.29, 1.82) is 0 Å². The summed E-state index contributed by atoms with van der Waals surface area (Å²) < 4.78 is 18.9. The topological polar surface area (TPSA) is 54.3 Å². The van der Waals surface area contributed by atoms with E-state index in [4.69, 9.17) is 4.42 Å². The summed E-state index contributed by atoms with van der Waals surface area (Å²) in [6, 6.07) is 18.1. The summed E-state index contributed by atoms with van der Waals surface area (Å²) in [4.78, 5) is 11.8. The number of anilines is 1. The molecule has 5 heteroatoms. The molecule has 3 aromatic rings. The number of furan rings is 1. The van der Waals surface area contributed by atoms with Gasteiger partial charge in [0.25, 0.3) is 0 Å². The summed E-state index contributed by atoms with van der Waals surface area (Å²) in [5.74, 6) is 1.60. The number of nitrogens with one attached hydrogen (secondary N) is 2. The lowest BCUT2D eigenvalue weighted by Crippen LogP contribution is -2.18. The normalized spacial score (nSPS) is 14.6. The number of carbonyl (C=O) groups is 1. The Kier molecular flexibility index (Phi) is 5.26. The van der Waals surface area contributed by atoms with Crippen LogP contribution in [-0.4, -0.2) is 5.91 Å². The Morgan fingerprint density at radius 3 is 2.46 bits per heavy atom. The van der Waals surface area contributed by atoms with E-state index in [-0.39, 0.29) is 23.7 Å². The van der Waals surface area contributed by atoms with Gasteiger partial charge in [-0.2, -0.15) is 0 Å². The first-order valence-electron chi connectivity index (χ1n) is 9.57. The lowest BCUT2D eigenvalue weighted by molar-refractivity contribution is -0.117. The molecule has 1 atom stereocenters. The highest BCUT2D eigenvalue weighted by Crippen LogP contribution is 2.30. The van der Waals surface area contributed by atoms with Crippen molar-refractivity contribution in [3.63, 3.8) is 0 Å². The minimum absolute atomic E-state index is 0.119. The second-order valence-electron chi connectivity index (χ2n) is 7.26. The maximum Gasteiger partial charge on any atom is 0.227 e. The van der Waals surface area contributed by atoms with Crippen molar-refractivity contribution in [2.45, 2.75) is 32.4 Å². The largest absolute Gasteiger partial charge is 0.460 e. The molecule has 0 spiro atoms. The molecule has 144 valence electrons. The van der Waals surface area contributed by atoms with Crippen molar-refractivity contribution in [1.82, 2.24) is 5.32 Å². The lowest BCUT2D eigenvalue weighted by Gasteiger charge is -2.14. The van der Waals surface area contributed by atoms with Gasteiger partial charge in [-0.1, -0.05) is 12.1 Å². The fraction of sp³-hybridized carbons (Fsp3) is 0.261. The molecule has 1 amide bonds. The average Bonchev–Trinajstić information content (AvgIpc) is 3.46. The van der Waals surface area contributed by atoms with Gasteiger partial charge in [0.05, 0.1) is 6.54 Å². The van der Waals surface area contributed by atoms with Crippen LogP contribution in [0.25, 0.3) is 11.3 Å². The molecule has 0 saturated heterocycles. The van der Waals surface area contributed by atoms with Crippen LogP contribution in [0.3, 0.4) is 0 Å². The molecule has 0 radical (unpaired) electrons. The molecule has 4 rings (SSSR count). The standard InChI is InChI=1S/C23H23FN2O2/c1-15(16-6-10-20(11-7-16)26-23(27)18-2-3-18)25-14-21-12-13-22(28-21)17-4-8-19(24)9-5-17/h4-13,15,18,25H,2-3,14H2,1H3,(H,26,27)/t15-/m0/s1. The molecule has 0 bridgehead atoms. The summed E-state index contributed by atoms with van der Waals surface area (Å²) >= 11 is 0. The van der Waals surface area contributed by atoms with E-state index in [0.29, 0.717) is 6.54 Å². The molecule has 1 heterocycles. The monoisotopic (exact) mass is 378 g/mol. The fourth-order valence-corrected chi connectivity index (χ4v) is 3.06. The molecule has 0 unspecified atom stereocenters. The van der Waals surface area contributed by atoms with Crippen molar-refractivity contribution in [2.24, 2.45) is 5.92 Å². The second kappa shape index (κ2) is 7.98. The lowest BCUT2D eigenvalue weighted by atomic mass is 10.1. The van der Waals surface area contributed by atoms with E-state index in [1.54, 1.807) is 12.1 Å². The number of amides is 1. The highest BCUT2D eigenvalue weighted by atomic mass is 19.1. The summed E-state index contributed by atoms with van der Waals surface area (Å²) in [6.07, 6.45) is 2.00. The molecule has 28 heavy (non-hydrogen) atoms. The first-order valence-corrected chi connectivity index (χ1v) is 9.57. The fourth-order valence-electron chi connectivity index (χ4n) is 3.06. The van der Waals surface area contributed by atoms with Crippen LogP contribution in [0.15, 0.2) is 65.1 Å². The van der Waals surface area contributed by atoms with Gasteiger partial charge in [-0.05, 0) is 73.9 Å². The number of hydrogen-bond donors (Lipinski definition) is 2. The van der Waals surface area contributed by atoms with Gasteiger partial charge in [0, 0.05) is 23.2 Å². The van der Waals surface area contributed by atoms with Gasteiger partial charge < -0.3 is 15.1 Å². The zero-order valence-electron chi connectivity index (χ0n) is 15.7. The quantitative estimate of drug-likeness (QED) is 0.588. The van der Waals surface area contributed by atoms with Crippen molar-refractivity contribution < 1.29 is 13.6 Å². The zero-order chi connectivity index (χ0) is 19.5. The molecular formula is C23H23FN2O2. The molecule has 1 aromatic heterocycles. The van der Waals surface area contributed by atoms with E-state index < -0.39 is 0 Å². The van der Waals surface area contributed by atoms with Crippen LogP contribution in [0.4, 0.5) is 10.1 Å². The molecule has 4 nitrogen and oxygen atoms in total. The Hall–Kier alpha value is -2.92. The summed E-state index contributed by atoms with van der Waals surface area (Å²) in [5, 5.41) is 6.39. The van der Waals surface area contributed by atoms with Gasteiger partial charge >= 0.3 is 0 Å². The minimum atomic E-state index is -0.260. The first-order chi connectivity index (χ1) is 13.6. The molecule has 1 aliphatic carbocycles. The highest BCUT2D eigenvalue weighted by molar-refractivity contribution is 5.94. The third-order valence-electron chi connectivity index (χ3n) is 5.00. The van der Waals surface area contributed by atoms with E-state index in [1.807, 2.05) is 36.4 Å². The predicted octanol–water partition coefficient (Wildman–Crippen LogP) is 5.29. The van der Waals surface area contributed by atoms with Crippen LogP contribution in [-0.2, 0) is 11.3 Å². The van der Waals surface area contributed by atoms with Crippen LogP contribution in [0.2, 0.25) is 0 Å². The maximum atomic E-state index is 13.0. The Labute approximate surface area is 163 Å². The summed E-state index contributed by atoms with van der Waals surface area (Å²) in [6.45, 7) is 2.67. The predicted molar refractivity (Wildman–Crippen MR) is 107 cm³/mol. The van der Waals surface area contributed by atoms with Gasteiger partial charge in [-0.15, -0.1) is 0 Å². The van der Waals surface area contributed by atoms with E-state index in [2.05, 4.69) is 17.6 Å². The Bertz CT molecular complexity index is 943. The zero-order valence-corrected chi connectivity index (χ0v) is 15.7. The van der Waals surface area contributed by atoms with Crippen molar-refractivity contribution in [3.8, 4) is 11.3 Å².